The summed E-state index contributed by atoms with van der Waals surface area (Å²) < 4.78 is 5.50. The Morgan fingerprint density at radius 2 is 1.86 bits per heavy atom. The number of anilines is 1. The van der Waals surface area contributed by atoms with Crippen LogP contribution in [-0.4, -0.2) is 42.3 Å². The Morgan fingerprint density at radius 3 is 2.69 bits per heavy atom. The van der Waals surface area contributed by atoms with Crippen LogP contribution in [0, 0.1) is 0 Å². The molecule has 2 aromatic carbocycles. The Hall–Kier alpha value is -2.51. The number of H-pyrrole nitrogens is 1. The molecular formula is C28H37Cl2N5O. The van der Waals surface area contributed by atoms with E-state index in [1.165, 1.54) is 46.3 Å². The number of aryl methyl sites for hydroxylation is 1. The molecule has 0 spiro atoms. The number of benzene rings is 2. The number of aromatic nitrogens is 2. The normalized spacial score (nSPS) is 14.4. The van der Waals surface area contributed by atoms with Gasteiger partial charge in [0, 0.05) is 59.0 Å². The summed E-state index contributed by atoms with van der Waals surface area (Å²) in [6.07, 6.45) is 7.50. The molecule has 0 fully saturated rings. The maximum absolute atomic E-state index is 6.47. The zero-order chi connectivity index (χ0) is 23.5. The first-order valence-corrected chi connectivity index (χ1v) is 12.4. The summed E-state index contributed by atoms with van der Waals surface area (Å²) in [6, 6.07) is 14.9. The molecule has 6 nitrogen and oxygen atoms in total. The van der Waals surface area contributed by atoms with E-state index in [-0.39, 0.29) is 36.9 Å². The lowest BCUT2D eigenvalue weighted by Gasteiger charge is -2.25. The molecule has 0 radical (unpaired) electrons. The number of halogens is 2. The Kier molecular flexibility index (Phi) is 9.85. The summed E-state index contributed by atoms with van der Waals surface area (Å²) in [4.78, 5) is 8.31. The fourth-order valence-corrected chi connectivity index (χ4v) is 5.13. The van der Waals surface area contributed by atoms with Crippen molar-refractivity contribution in [1.82, 2.24) is 15.3 Å². The average Bonchev–Trinajstić information content (AvgIpc) is 3.26. The van der Waals surface area contributed by atoms with Gasteiger partial charge in [-0.1, -0.05) is 18.2 Å². The van der Waals surface area contributed by atoms with Gasteiger partial charge in [0.25, 0.3) is 0 Å². The van der Waals surface area contributed by atoms with Gasteiger partial charge >= 0.3 is 0 Å². The maximum atomic E-state index is 6.47. The van der Waals surface area contributed by atoms with E-state index in [2.05, 4.69) is 65.1 Å². The Morgan fingerprint density at radius 1 is 1.06 bits per heavy atom. The number of hydrogen-bond acceptors (Lipinski definition) is 5. The van der Waals surface area contributed by atoms with E-state index in [1.807, 2.05) is 6.07 Å². The molecule has 4 aromatic rings. The molecule has 5 rings (SSSR count). The number of para-hydroxylation sites is 1. The van der Waals surface area contributed by atoms with Crippen LogP contribution < -0.4 is 21.1 Å². The van der Waals surface area contributed by atoms with E-state index in [1.54, 1.807) is 7.11 Å². The highest BCUT2D eigenvalue weighted by atomic mass is 35.5. The predicted molar refractivity (Wildman–Crippen MR) is 155 cm³/mol. The van der Waals surface area contributed by atoms with Crippen LogP contribution in [0.3, 0.4) is 0 Å². The molecule has 2 atom stereocenters. The molecule has 2 unspecified atom stereocenters. The van der Waals surface area contributed by atoms with Crippen molar-refractivity contribution in [2.45, 2.75) is 51.1 Å². The van der Waals surface area contributed by atoms with E-state index in [9.17, 15) is 0 Å². The number of methoxy groups -OCH3 is 1. The molecule has 1 aliphatic carbocycles. The topological polar surface area (TPSA) is 88.0 Å². The van der Waals surface area contributed by atoms with E-state index < -0.39 is 0 Å². The Balaban J connectivity index is 0.00000180. The Labute approximate surface area is 225 Å². The van der Waals surface area contributed by atoms with Crippen molar-refractivity contribution in [2.75, 3.05) is 25.5 Å². The van der Waals surface area contributed by atoms with E-state index in [0.29, 0.717) is 0 Å². The van der Waals surface area contributed by atoms with Crippen molar-refractivity contribution in [2.24, 2.45) is 5.73 Å². The maximum Gasteiger partial charge on any atom is 0.119 e. The second-order valence-electron chi connectivity index (χ2n) is 9.53. The third kappa shape index (κ3) is 6.06. The number of fused-ring (bicyclic) bond motifs is 3. The lowest BCUT2D eigenvalue weighted by Crippen LogP contribution is -2.40. The van der Waals surface area contributed by atoms with Gasteiger partial charge in [-0.15, -0.1) is 24.8 Å². The number of ether oxygens (including phenoxy) is 1. The standard InChI is InChI=1S/C28H35N5O.2ClH/c1-18(15-30-17-20(29)13-19-16-31-25-9-5-3-7-22(19)25)32-28-23-8-4-6-10-26(23)33-27-12-11-21(34-2)14-24(27)28;;/h3,5,7,9,11-12,14,16,18,20,30-31H,4,6,8,10,13,15,17,29H2,1-2H3,(H,32,33);2*1H. The number of aromatic amines is 1. The molecular weight excluding hydrogens is 493 g/mol. The van der Waals surface area contributed by atoms with Crippen LogP contribution in [0.25, 0.3) is 21.8 Å². The second kappa shape index (κ2) is 12.6. The third-order valence-corrected chi connectivity index (χ3v) is 6.87. The number of pyridine rings is 1. The van der Waals surface area contributed by atoms with E-state index in [4.69, 9.17) is 15.5 Å². The van der Waals surface area contributed by atoms with Crippen LogP contribution >= 0.6 is 24.8 Å². The highest BCUT2D eigenvalue weighted by Gasteiger charge is 2.20. The molecule has 194 valence electrons. The van der Waals surface area contributed by atoms with Gasteiger partial charge in [-0.05, 0) is 74.4 Å². The fraction of sp³-hybridized carbons (Fsp3) is 0.393. The molecule has 2 aromatic heterocycles. The van der Waals surface area contributed by atoms with Gasteiger partial charge in [-0.3, -0.25) is 4.98 Å². The first-order chi connectivity index (χ1) is 16.6. The van der Waals surface area contributed by atoms with Gasteiger partial charge in [-0.25, -0.2) is 0 Å². The van der Waals surface area contributed by atoms with Gasteiger partial charge in [0.2, 0.25) is 0 Å². The molecule has 0 aliphatic heterocycles. The minimum atomic E-state index is 0. The van der Waals surface area contributed by atoms with Gasteiger partial charge in [0.1, 0.15) is 5.75 Å². The number of rotatable bonds is 9. The first kappa shape index (κ1) is 28.1. The quantitative estimate of drug-likeness (QED) is 0.233. The van der Waals surface area contributed by atoms with Crippen molar-refractivity contribution >= 4 is 52.3 Å². The highest BCUT2D eigenvalue weighted by molar-refractivity contribution is 5.94. The zero-order valence-electron chi connectivity index (χ0n) is 21.0. The summed E-state index contributed by atoms with van der Waals surface area (Å²) in [5.41, 5.74) is 13.8. The second-order valence-corrected chi connectivity index (χ2v) is 9.53. The molecule has 36 heavy (non-hydrogen) atoms. The molecule has 2 heterocycles. The van der Waals surface area contributed by atoms with Crippen molar-refractivity contribution in [1.29, 1.82) is 0 Å². The molecule has 0 saturated carbocycles. The van der Waals surface area contributed by atoms with Crippen molar-refractivity contribution < 1.29 is 4.74 Å². The number of hydrogen-bond donors (Lipinski definition) is 4. The van der Waals surface area contributed by atoms with Crippen LogP contribution in [0.4, 0.5) is 5.69 Å². The Bertz CT molecular complexity index is 1290. The van der Waals surface area contributed by atoms with Gasteiger partial charge in [0.05, 0.1) is 12.6 Å². The van der Waals surface area contributed by atoms with Crippen molar-refractivity contribution in [3.63, 3.8) is 0 Å². The lowest BCUT2D eigenvalue weighted by molar-refractivity contribution is 0.415. The fourth-order valence-electron chi connectivity index (χ4n) is 5.13. The SMILES string of the molecule is COc1ccc2nc3c(c(NC(C)CNCC(N)Cc4c[nH]c5ccccc45)c2c1)CCCC3.Cl.Cl. The minimum Gasteiger partial charge on any atom is -0.497 e. The van der Waals surface area contributed by atoms with Crippen molar-refractivity contribution in [3.8, 4) is 5.75 Å². The first-order valence-electron chi connectivity index (χ1n) is 12.4. The van der Waals surface area contributed by atoms with Gasteiger partial charge in [0.15, 0.2) is 0 Å². The largest absolute Gasteiger partial charge is 0.497 e. The van der Waals surface area contributed by atoms with Gasteiger partial charge in [-0.2, -0.15) is 0 Å². The minimum absolute atomic E-state index is 0. The van der Waals surface area contributed by atoms with Crippen LogP contribution in [0.15, 0.2) is 48.7 Å². The number of nitrogens with two attached hydrogens (primary N) is 1. The lowest BCUT2D eigenvalue weighted by atomic mass is 9.92. The van der Waals surface area contributed by atoms with Crippen LogP contribution in [0.1, 0.15) is 36.6 Å². The molecule has 0 saturated heterocycles. The number of nitrogens with one attached hydrogen (secondary N) is 3. The molecule has 5 N–H and O–H groups in total. The summed E-state index contributed by atoms with van der Waals surface area (Å²) in [5, 5.41) is 9.79. The van der Waals surface area contributed by atoms with Crippen molar-refractivity contribution in [3.05, 3.63) is 65.5 Å². The van der Waals surface area contributed by atoms with Gasteiger partial charge < -0.3 is 26.1 Å². The van der Waals surface area contributed by atoms with E-state index >= 15 is 0 Å². The third-order valence-electron chi connectivity index (χ3n) is 6.87. The highest BCUT2D eigenvalue weighted by Crippen LogP contribution is 2.35. The zero-order valence-corrected chi connectivity index (χ0v) is 22.6. The summed E-state index contributed by atoms with van der Waals surface area (Å²) in [5.74, 6) is 0.863. The van der Waals surface area contributed by atoms with Crippen LogP contribution in [-0.2, 0) is 19.3 Å². The number of nitrogens with zero attached hydrogens (tertiary/aromatic N) is 1. The molecule has 0 amide bonds. The summed E-state index contributed by atoms with van der Waals surface area (Å²) in [7, 11) is 1.71. The average molecular weight is 531 g/mol. The monoisotopic (exact) mass is 529 g/mol. The molecule has 8 heteroatoms. The molecule has 1 aliphatic rings. The summed E-state index contributed by atoms with van der Waals surface area (Å²) in [6.45, 7) is 3.83. The predicted octanol–water partition coefficient (Wildman–Crippen LogP) is 5.41. The molecule has 0 bridgehead atoms. The van der Waals surface area contributed by atoms with Crippen LogP contribution in [0.2, 0.25) is 0 Å². The summed E-state index contributed by atoms with van der Waals surface area (Å²) >= 11 is 0. The van der Waals surface area contributed by atoms with E-state index in [0.717, 1.165) is 49.0 Å². The van der Waals surface area contributed by atoms with Crippen LogP contribution in [0.5, 0.6) is 5.75 Å². The smallest absolute Gasteiger partial charge is 0.119 e.